The largest absolute Gasteiger partial charge is 0.388 e. The van der Waals surface area contributed by atoms with Gasteiger partial charge in [0, 0.05) is 34.9 Å². The molecule has 0 aliphatic carbocycles. The second kappa shape index (κ2) is 6.48. The highest BCUT2D eigenvalue weighted by Crippen LogP contribution is 2.36. The van der Waals surface area contributed by atoms with Gasteiger partial charge >= 0.3 is 0 Å². The monoisotopic (exact) mass is 340 g/mol. The van der Waals surface area contributed by atoms with Crippen LogP contribution in [-0.4, -0.2) is 16.6 Å². The number of hydrogen-bond donors (Lipinski definition) is 2. The van der Waals surface area contributed by atoms with Crippen LogP contribution in [-0.2, 0) is 0 Å². The van der Waals surface area contributed by atoms with Crippen LogP contribution in [0.4, 0.5) is 0 Å². The second-order valence-electron chi connectivity index (χ2n) is 4.21. The van der Waals surface area contributed by atoms with E-state index in [4.69, 9.17) is 17.3 Å². The highest BCUT2D eigenvalue weighted by Gasteiger charge is 2.24. The molecule has 19 heavy (non-hydrogen) atoms. The quantitative estimate of drug-likeness (QED) is 0.897. The number of aromatic nitrogens is 1. The Morgan fingerprint density at radius 3 is 2.58 bits per heavy atom. The summed E-state index contributed by atoms with van der Waals surface area (Å²) in [7, 11) is 0. The lowest BCUT2D eigenvalue weighted by Gasteiger charge is -2.23. The lowest BCUT2D eigenvalue weighted by atomic mass is 9.90. The first-order valence-electron chi connectivity index (χ1n) is 5.87. The summed E-state index contributed by atoms with van der Waals surface area (Å²) >= 11 is 9.57. The molecule has 2 unspecified atom stereocenters. The number of aliphatic hydroxyl groups excluding tert-OH is 1. The molecule has 3 N–H and O–H groups in total. The van der Waals surface area contributed by atoms with E-state index >= 15 is 0 Å². The molecule has 100 valence electrons. The van der Waals surface area contributed by atoms with Gasteiger partial charge in [-0.3, -0.25) is 4.98 Å². The molecule has 0 saturated carbocycles. The molecular formula is C14H14BrClN2O. The molecule has 0 aliphatic heterocycles. The van der Waals surface area contributed by atoms with E-state index in [0.29, 0.717) is 17.1 Å². The minimum Gasteiger partial charge on any atom is -0.388 e. The zero-order valence-corrected chi connectivity index (χ0v) is 12.5. The zero-order chi connectivity index (χ0) is 13.8. The van der Waals surface area contributed by atoms with Gasteiger partial charge in [-0.2, -0.15) is 0 Å². The molecular weight excluding hydrogens is 328 g/mol. The van der Waals surface area contributed by atoms with Gasteiger partial charge in [0.05, 0.1) is 11.1 Å². The Hall–Kier alpha value is -0.940. The summed E-state index contributed by atoms with van der Waals surface area (Å²) in [5.41, 5.74) is 7.41. The molecule has 1 aromatic heterocycles. The molecule has 2 rings (SSSR count). The van der Waals surface area contributed by atoms with Crippen LogP contribution in [0.5, 0.6) is 0 Å². The van der Waals surface area contributed by atoms with E-state index in [9.17, 15) is 5.11 Å². The van der Waals surface area contributed by atoms with E-state index in [1.54, 1.807) is 12.4 Å². The van der Waals surface area contributed by atoms with Crippen LogP contribution in [0.15, 0.2) is 47.2 Å². The number of rotatable bonds is 4. The first-order valence-corrected chi connectivity index (χ1v) is 7.04. The lowest BCUT2D eigenvalue weighted by Crippen LogP contribution is -2.20. The molecule has 0 saturated heterocycles. The minimum absolute atomic E-state index is 0.213. The van der Waals surface area contributed by atoms with Gasteiger partial charge in [-0.1, -0.05) is 23.7 Å². The average molecular weight is 342 g/mol. The first-order chi connectivity index (χ1) is 9.15. The Morgan fingerprint density at radius 2 is 1.95 bits per heavy atom. The zero-order valence-electron chi connectivity index (χ0n) is 10.1. The maximum Gasteiger partial charge on any atom is 0.0885 e. The van der Waals surface area contributed by atoms with Crippen LogP contribution in [0, 0.1) is 0 Å². The molecule has 3 nitrogen and oxygen atoms in total. The van der Waals surface area contributed by atoms with Crippen molar-refractivity contribution in [1.29, 1.82) is 0 Å². The predicted molar refractivity (Wildman–Crippen MR) is 80.1 cm³/mol. The number of nitrogens with zero attached hydrogens (tertiary/aromatic N) is 1. The van der Waals surface area contributed by atoms with Crippen LogP contribution < -0.4 is 5.73 Å². The van der Waals surface area contributed by atoms with Crippen molar-refractivity contribution < 1.29 is 5.11 Å². The summed E-state index contributed by atoms with van der Waals surface area (Å²) in [6.07, 6.45) is 2.62. The third-order valence-electron chi connectivity index (χ3n) is 3.07. The maximum absolute atomic E-state index is 10.5. The number of halogens is 2. The van der Waals surface area contributed by atoms with Crippen molar-refractivity contribution >= 4 is 27.5 Å². The summed E-state index contributed by atoms with van der Waals surface area (Å²) in [6, 6.07) is 9.19. The molecule has 0 aliphatic rings. The SMILES string of the molecule is NCC(c1ccncc1)C(O)c1cccc(Br)c1Cl. The van der Waals surface area contributed by atoms with Crippen molar-refractivity contribution in [2.24, 2.45) is 5.73 Å². The minimum atomic E-state index is -0.752. The van der Waals surface area contributed by atoms with Crippen molar-refractivity contribution in [3.05, 3.63) is 63.3 Å². The Bertz CT molecular complexity index is 550. The summed E-state index contributed by atoms with van der Waals surface area (Å²) in [6.45, 7) is 0.327. The van der Waals surface area contributed by atoms with Gasteiger partial charge in [0.2, 0.25) is 0 Å². The van der Waals surface area contributed by atoms with Gasteiger partial charge in [-0.05, 0) is 39.7 Å². The van der Waals surface area contributed by atoms with Crippen molar-refractivity contribution in [2.45, 2.75) is 12.0 Å². The van der Waals surface area contributed by atoms with Gasteiger partial charge in [-0.15, -0.1) is 0 Å². The number of hydrogen-bond acceptors (Lipinski definition) is 3. The third kappa shape index (κ3) is 3.15. The summed E-state index contributed by atoms with van der Waals surface area (Å²) in [5.74, 6) is -0.213. The smallest absolute Gasteiger partial charge is 0.0885 e. The fourth-order valence-electron chi connectivity index (χ4n) is 2.02. The molecule has 0 radical (unpaired) electrons. The van der Waals surface area contributed by atoms with Crippen LogP contribution >= 0.6 is 27.5 Å². The number of nitrogens with two attached hydrogens (primary N) is 1. The fraction of sp³-hybridized carbons (Fsp3) is 0.214. The third-order valence-corrected chi connectivity index (χ3v) is 4.38. The van der Waals surface area contributed by atoms with Gasteiger partial charge in [-0.25, -0.2) is 0 Å². The second-order valence-corrected chi connectivity index (χ2v) is 5.44. The number of benzene rings is 1. The first kappa shape index (κ1) is 14.5. The van der Waals surface area contributed by atoms with Gasteiger partial charge < -0.3 is 10.8 Å². The molecule has 2 atom stereocenters. The highest BCUT2D eigenvalue weighted by atomic mass is 79.9. The predicted octanol–water partition coefficient (Wildman–Crippen LogP) is 3.27. The summed E-state index contributed by atoms with van der Waals surface area (Å²) in [5, 5.41) is 11.0. The molecule has 0 amide bonds. The molecule has 1 aromatic carbocycles. The van der Waals surface area contributed by atoms with Crippen LogP contribution in [0.2, 0.25) is 5.02 Å². The Kier molecular flexibility index (Phi) is 4.93. The Balaban J connectivity index is 2.36. The topological polar surface area (TPSA) is 59.1 Å². The van der Waals surface area contributed by atoms with Crippen molar-refractivity contribution in [3.8, 4) is 0 Å². The van der Waals surface area contributed by atoms with Crippen LogP contribution in [0.3, 0.4) is 0 Å². The highest BCUT2D eigenvalue weighted by molar-refractivity contribution is 9.10. The Labute approximate surface area is 125 Å². The van der Waals surface area contributed by atoms with Crippen molar-refractivity contribution in [3.63, 3.8) is 0 Å². The van der Waals surface area contributed by atoms with Crippen molar-refractivity contribution in [1.82, 2.24) is 4.98 Å². The summed E-state index contributed by atoms with van der Waals surface area (Å²) in [4.78, 5) is 3.97. The van der Waals surface area contributed by atoms with E-state index in [1.807, 2.05) is 30.3 Å². The maximum atomic E-state index is 10.5. The molecule has 0 bridgehead atoms. The fourth-order valence-corrected chi connectivity index (χ4v) is 2.64. The van der Waals surface area contributed by atoms with Gasteiger partial charge in [0.15, 0.2) is 0 Å². The average Bonchev–Trinajstić information content (AvgIpc) is 2.44. The van der Waals surface area contributed by atoms with Gasteiger partial charge in [0.1, 0.15) is 0 Å². The normalized spacial score (nSPS) is 14.1. The van der Waals surface area contributed by atoms with E-state index in [0.717, 1.165) is 10.0 Å². The molecule has 5 heteroatoms. The van der Waals surface area contributed by atoms with E-state index in [-0.39, 0.29) is 5.92 Å². The van der Waals surface area contributed by atoms with Crippen LogP contribution in [0.1, 0.15) is 23.1 Å². The number of pyridine rings is 1. The molecule has 0 spiro atoms. The van der Waals surface area contributed by atoms with Gasteiger partial charge in [0.25, 0.3) is 0 Å². The summed E-state index contributed by atoms with van der Waals surface area (Å²) < 4.78 is 0.760. The van der Waals surface area contributed by atoms with Crippen LogP contribution in [0.25, 0.3) is 0 Å². The Morgan fingerprint density at radius 1 is 1.26 bits per heavy atom. The van der Waals surface area contributed by atoms with Crippen molar-refractivity contribution in [2.75, 3.05) is 6.54 Å². The molecule has 2 aromatic rings. The standard InChI is InChI=1S/C14H14BrClN2O/c15-12-3-1-2-10(13(12)16)14(19)11(8-17)9-4-6-18-7-5-9/h1-7,11,14,19H,8,17H2. The van der Waals surface area contributed by atoms with E-state index in [1.165, 1.54) is 0 Å². The van der Waals surface area contributed by atoms with E-state index in [2.05, 4.69) is 20.9 Å². The lowest BCUT2D eigenvalue weighted by molar-refractivity contribution is 0.147. The van der Waals surface area contributed by atoms with E-state index < -0.39 is 6.10 Å². The molecule has 0 fully saturated rings. The molecule has 1 heterocycles. The number of aliphatic hydroxyl groups is 1.